The molecule has 3 aromatic rings. The van der Waals surface area contributed by atoms with Crippen LogP contribution in [0.25, 0.3) is 0 Å². The first-order valence-electron chi connectivity index (χ1n) is 13.6. The lowest BCUT2D eigenvalue weighted by atomic mass is 9.88. The highest BCUT2D eigenvalue weighted by atomic mass is 16.5. The number of ether oxygens (including phenoxy) is 1. The van der Waals surface area contributed by atoms with Crippen molar-refractivity contribution in [3.8, 4) is 0 Å². The molecule has 0 aliphatic heterocycles. The third-order valence-electron chi connectivity index (χ3n) is 6.89. The van der Waals surface area contributed by atoms with E-state index in [2.05, 4.69) is 72.9 Å². The lowest BCUT2D eigenvalue weighted by molar-refractivity contribution is -0.120. The Kier molecular flexibility index (Phi) is 12.5. The van der Waals surface area contributed by atoms with E-state index in [1.165, 1.54) is 11.1 Å². The number of benzene rings is 3. The van der Waals surface area contributed by atoms with Crippen molar-refractivity contribution in [1.82, 2.24) is 5.32 Å². The molecule has 0 aliphatic carbocycles. The summed E-state index contributed by atoms with van der Waals surface area (Å²) in [5.74, 6) is 1.08. The van der Waals surface area contributed by atoms with Gasteiger partial charge in [0.25, 0.3) is 0 Å². The maximum atomic E-state index is 12.8. The third kappa shape index (κ3) is 11.9. The van der Waals surface area contributed by atoms with Crippen LogP contribution in [0.5, 0.6) is 0 Å². The van der Waals surface area contributed by atoms with Gasteiger partial charge in [0.15, 0.2) is 0 Å². The van der Waals surface area contributed by atoms with Crippen molar-refractivity contribution in [2.24, 2.45) is 11.8 Å². The molecule has 0 aromatic heterocycles. The monoisotopic (exact) mass is 499 g/mol. The number of aryl methyl sites for hydroxylation is 2. The molecule has 0 unspecified atom stereocenters. The Morgan fingerprint density at radius 3 is 1.76 bits per heavy atom. The summed E-state index contributed by atoms with van der Waals surface area (Å²) in [7, 11) is 0. The fourth-order valence-electron chi connectivity index (χ4n) is 4.62. The predicted octanol–water partition coefficient (Wildman–Crippen LogP) is 7.56. The summed E-state index contributed by atoms with van der Waals surface area (Å²) < 4.78 is 5.25. The highest BCUT2D eigenvalue weighted by Gasteiger charge is 2.15. The zero-order valence-electron chi connectivity index (χ0n) is 22.1. The lowest BCUT2D eigenvalue weighted by Gasteiger charge is -2.18. The average Bonchev–Trinajstić information content (AvgIpc) is 2.93. The van der Waals surface area contributed by atoms with Crippen molar-refractivity contribution in [3.63, 3.8) is 0 Å². The van der Waals surface area contributed by atoms with Crippen LogP contribution in [0.1, 0.15) is 62.1 Å². The number of amides is 1. The summed E-state index contributed by atoms with van der Waals surface area (Å²) in [6, 6.07) is 30.9. The first-order valence-corrected chi connectivity index (χ1v) is 13.6. The molecule has 0 aliphatic rings. The van der Waals surface area contributed by atoms with E-state index in [9.17, 15) is 9.59 Å². The number of hydrogen-bond donors (Lipinski definition) is 1. The molecule has 1 amide bonds. The van der Waals surface area contributed by atoms with Gasteiger partial charge in [0.2, 0.25) is 0 Å². The molecule has 0 saturated heterocycles. The molecule has 0 spiro atoms. The van der Waals surface area contributed by atoms with Crippen LogP contribution in [-0.4, -0.2) is 18.4 Å². The van der Waals surface area contributed by atoms with E-state index in [0.717, 1.165) is 44.1 Å². The van der Waals surface area contributed by atoms with E-state index >= 15 is 0 Å². The molecular formula is C33H41NO3. The van der Waals surface area contributed by atoms with Gasteiger partial charge >= 0.3 is 6.09 Å². The van der Waals surface area contributed by atoms with Crippen LogP contribution in [-0.2, 0) is 29.0 Å². The molecule has 4 heteroatoms. The maximum absolute atomic E-state index is 12.8. The summed E-state index contributed by atoms with van der Waals surface area (Å²) in [5.41, 5.74) is 3.69. The Morgan fingerprint density at radius 1 is 0.703 bits per heavy atom. The molecular weight excluding hydrogens is 458 g/mol. The lowest BCUT2D eigenvalue weighted by Crippen LogP contribution is -2.26. The first-order chi connectivity index (χ1) is 18.1. The van der Waals surface area contributed by atoms with E-state index in [0.29, 0.717) is 31.1 Å². The number of hydrogen-bond acceptors (Lipinski definition) is 3. The van der Waals surface area contributed by atoms with Gasteiger partial charge in [0, 0.05) is 19.4 Å². The Bertz CT molecular complexity index is 993. The van der Waals surface area contributed by atoms with Gasteiger partial charge in [-0.25, -0.2) is 4.79 Å². The molecule has 1 N–H and O–H groups in total. The fraction of sp³-hybridized carbons (Fsp3) is 0.394. The number of Topliss-reactive ketones (excluding diaryl/α,β-unsaturated/α-hetero) is 1. The van der Waals surface area contributed by atoms with Crippen LogP contribution in [0.4, 0.5) is 4.79 Å². The Morgan fingerprint density at radius 2 is 1.22 bits per heavy atom. The van der Waals surface area contributed by atoms with E-state index in [1.54, 1.807) is 0 Å². The molecule has 0 heterocycles. The first kappa shape index (κ1) is 28.2. The van der Waals surface area contributed by atoms with Gasteiger partial charge in [0.1, 0.15) is 12.4 Å². The van der Waals surface area contributed by atoms with Crippen molar-refractivity contribution in [1.29, 1.82) is 0 Å². The smallest absolute Gasteiger partial charge is 0.407 e. The van der Waals surface area contributed by atoms with Crippen molar-refractivity contribution in [2.45, 2.75) is 64.9 Å². The maximum Gasteiger partial charge on any atom is 0.407 e. The normalized spacial score (nSPS) is 11.7. The molecule has 0 saturated carbocycles. The van der Waals surface area contributed by atoms with Gasteiger partial charge in [-0.05, 0) is 67.1 Å². The van der Waals surface area contributed by atoms with Crippen molar-refractivity contribution in [2.75, 3.05) is 6.54 Å². The zero-order valence-corrected chi connectivity index (χ0v) is 22.1. The minimum Gasteiger partial charge on any atom is -0.445 e. The quantitative estimate of drug-likeness (QED) is 0.221. The number of alkyl carbamates (subject to hydrolysis) is 1. The Hall–Kier alpha value is -3.40. The van der Waals surface area contributed by atoms with Crippen molar-refractivity contribution < 1.29 is 14.3 Å². The summed E-state index contributed by atoms with van der Waals surface area (Å²) in [6.07, 6.45) is 6.79. The highest BCUT2D eigenvalue weighted by molar-refractivity contribution is 5.78. The summed E-state index contributed by atoms with van der Waals surface area (Å²) >= 11 is 0. The number of carbonyl (C=O) groups is 2. The van der Waals surface area contributed by atoms with Gasteiger partial charge < -0.3 is 10.1 Å². The van der Waals surface area contributed by atoms with E-state index < -0.39 is 6.09 Å². The average molecular weight is 500 g/mol. The summed E-state index contributed by atoms with van der Waals surface area (Å²) in [6.45, 7) is 2.85. The highest BCUT2D eigenvalue weighted by Crippen LogP contribution is 2.23. The Labute approximate surface area is 222 Å². The molecule has 3 rings (SSSR count). The summed E-state index contributed by atoms with van der Waals surface area (Å²) in [5, 5.41) is 2.80. The van der Waals surface area contributed by atoms with Gasteiger partial charge in [-0.2, -0.15) is 0 Å². The molecule has 0 radical (unpaired) electrons. The number of ketones is 1. The van der Waals surface area contributed by atoms with Crippen molar-refractivity contribution in [3.05, 3.63) is 108 Å². The van der Waals surface area contributed by atoms with Gasteiger partial charge in [0.05, 0.1) is 0 Å². The van der Waals surface area contributed by atoms with Crippen LogP contribution in [0.2, 0.25) is 0 Å². The van der Waals surface area contributed by atoms with Gasteiger partial charge in [-0.1, -0.05) is 97.9 Å². The molecule has 0 fully saturated rings. The minimum absolute atomic E-state index is 0.231. The second-order valence-corrected chi connectivity index (χ2v) is 10.1. The van der Waals surface area contributed by atoms with E-state index in [-0.39, 0.29) is 12.5 Å². The molecule has 0 bridgehead atoms. The largest absolute Gasteiger partial charge is 0.445 e. The second kappa shape index (κ2) is 16.4. The van der Waals surface area contributed by atoms with Crippen LogP contribution < -0.4 is 5.32 Å². The van der Waals surface area contributed by atoms with Crippen LogP contribution in [0.3, 0.4) is 0 Å². The molecule has 4 nitrogen and oxygen atoms in total. The van der Waals surface area contributed by atoms with E-state index in [4.69, 9.17) is 4.74 Å². The number of rotatable bonds is 16. The van der Waals surface area contributed by atoms with Crippen LogP contribution >= 0.6 is 0 Å². The topological polar surface area (TPSA) is 55.4 Å². The number of carbonyl (C=O) groups excluding carboxylic acids is 2. The van der Waals surface area contributed by atoms with E-state index in [1.807, 2.05) is 30.3 Å². The third-order valence-corrected chi connectivity index (χ3v) is 6.89. The van der Waals surface area contributed by atoms with Crippen molar-refractivity contribution >= 4 is 11.9 Å². The van der Waals surface area contributed by atoms with Gasteiger partial charge in [-0.3, -0.25) is 4.79 Å². The zero-order chi connectivity index (χ0) is 26.1. The fourth-order valence-corrected chi connectivity index (χ4v) is 4.62. The Balaban J connectivity index is 1.35. The van der Waals surface area contributed by atoms with Gasteiger partial charge in [-0.15, -0.1) is 0 Å². The second-order valence-electron chi connectivity index (χ2n) is 10.1. The minimum atomic E-state index is -0.415. The molecule has 37 heavy (non-hydrogen) atoms. The number of nitrogens with one attached hydrogen (secondary N) is 1. The standard InChI is InChI=1S/C33H41NO3/c1-27(23-24-34-33(36)37-26-31-15-9-4-10-16-31)25-32(35)22-21-30(19-17-28-11-5-2-6-12-28)20-18-29-13-7-3-8-14-29/h2-16,27,30H,17-26H2,1H3,(H,34,36)/t27-/m0/s1. The molecule has 196 valence electrons. The summed E-state index contributed by atoms with van der Waals surface area (Å²) in [4.78, 5) is 24.7. The van der Waals surface area contributed by atoms with Crippen LogP contribution in [0, 0.1) is 11.8 Å². The predicted molar refractivity (Wildman–Crippen MR) is 150 cm³/mol. The molecule has 1 atom stereocenters. The molecule has 3 aromatic carbocycles. The van der Waals surface area contributed by atoms with Crippen LogP contribution in [0.15, 0.2) is 91.0 Å². The SMILES string of the molecule is C[C@@H](CCNC(=O)OCc1ccccc1)CC(=O)CCC(CCc1ccccc1)CCc1ccccc1.